The molecule has 1 aromatic carbocycles. The second-order valence-corrected chi connectivity index (χ2v) is 6.91. The predicted octanol–water partition coefficient (Wildman–Crippen LogP) is 2.10. The van der Waals surface area contributed by atoms with E-state index in [1.807, 2.05) is 11.8 Å². The molecule has 0 radical (unpaired) electrons. The van der Waals surface area contributed by atoms with Gasteiger partial charge in [-0.1, -0.05) is 18.6 Å². The number of nitrogens with one attached hydrogen (secondary N) is 1. The van der Waals surface area contributed by atoms with Gasteiger partial charge >= 0.3 is 0 Å². The molecular formula is C15H20N2O2S2. The highest BCUT2D eigenvalue weighted by molar-refractivity contribution is 8.00. The molecule has 0 spiro atoms. The monoisotopic (exact) mass is 324 g/mol. The van der Waals surface area contributed by atoms with Crippen molar-refractivity contribution in [2.45, 2.75) is 24.0 Å². The summed E-state index contributed by atoms with van der Waals surface area (Å²) in [5.74, 6) is 0.544. The third-order valence-electron chi connectivity index (χ3n) is 3.81. The molecule has 0 bridgehead atoms. The van der Waals surface area contributed by atoms with Gasteiger partial charge < -0.3 is 15.8 Å². The SMILES string of the molecule is CSC1(CNC(=O)COc2ccc(C(N)=S)cc2)CCC1. The van der Waals surface area contributed by atoms with Gasteiger partial charge in [-0.05, 0) is 43.4 Å². The van der Waals surface area contributed by atoms with E-state index < -0.39 is 0 Å². The fourth-order valence-corrected chi connectivity index (χ4v) is 3.25. The Kier molecular flexibility index (Phi) is 5.47. The van der Waals surface area contributed by atoms with Gasteiger partial charge in [-0.3, -0.25) is 4.79 Å². The van der Waals surface area contributed by atoms with E-state index in [1.165, 1.54) is 19.3 Å². The summed E-state index contributed by atoms with van der Waals surface area (Å²) >= 11 is 6.72. The number of carbonyl (C=O) groups excluding carboxylic acids is 1. The van der Waals surface area contributed by atoms with E-state index in [9.17, 15) is 4.79 Å². The first kappa shape index (κ1) is 16.1. The number of benzene rings is 1. The standard InChI is InChI=1S/C15H20N2O2S2/c1-21-15(7-2-8-15)10-17-13(18)9-19-12-5-3-11(4-6-12)14(16)20/h3-6H,2,7-10H2,1H3,(H2,16,20)(H,17,18). The second-order valence-electron chi connectivity index (χ2n) is 5.19. The Morgan fingerprint density at radius 3 is 2.57 bits per heavy atom. The molecule has 0 aliphatic heterocycles. The van der Waals surface area contributed by atoms with Crippen molar-refractivity contribution < 1.29 is 9.53 Å². The van der Waals surface area contributed by atoms with Gasteiger partial charge in [0, 0.05) is 16.9 Å². The van der Waals surface area contributed by atoms with Crippen LogP contribution in [0.1, 0.15) is 24.8 Å². The molecule has 1 aliphatic carbocycles. The summed E-state index contributed by atoms with van der Waals surface area (Å²) in [6.45, 7) is 0.744. The van der Waals surface area contributed by atoms with E-state index in [-0.39, 0.29) is 17.3 Å². The zero-order valence-corrected chi connectivity index (χ0v) is 13.7. The third kappa shape index (κ3) is 4.35. The highest BCUT2D eigenvalue weighted by Crippen LogP contribution is 2.42. The summed E-state index contributed by atoms with van der Waals surface area (Å²) in [4.78, 5) is 12.2. The van der Waals surface area contributed by atoms with Gasteiger partial charge in [0.05, 0.1) is 0 Å². The largest absolute Gasteiger partial charge is 0.484 e. The minimum absolute atomic E-state index is 0.0247. The van der Waals surface area contributed by atoms with Crippen molar-refractivity contribution in [1.82, 2.24) is 5.32 Å². The molecular weight excluding hydrogens is 304 g/mol. The van der Waals surface area contributed by atoms with Crippen LogP contribution in [0.2, 0.25) is 0 Å². The fraction of sp³-hybridized carbons (Fsp3) is 0.467. The third-order valence-corrected chi connectivity index (χ3v) is 5.47. The van der Waals surface area contributed by atoms with Gasteiger partial charge in [0.2, 0.25) is 0 Å². The topological polar surface area (TPSA) is 64.3 Å². The molecule has 0 heterocycles. The van der Waals surface area contributed by atoms with E-state index >= 15 is 0 Å². The molecule has 1 saturated carbocycles. The summed E-state index contributed by atoms with van der Waals surface area (Å²) < 4.78 is 5.69. The van der Waals surface area contributed by atoms with Crippen LogP contribution in [0, 0.1) is 0 Å². The molecule has 0 unspecified atom stereocenters. The minimum Gasteiger partial charge on any atom is -0.484 e. The Morgan fingerprint density at radius 2 is 2.10 bits per heavy atom. The normalized spacial score (nSPS) is 15.9. The Labute approximate surface area is 134 Å². The number of carbonyl (C=O) groups is 1. The number of hydrogen-bond acceptors (Lipinski definition) is 4. The van der Waals surface area contributed by atoms with Gasteiger partial charge in [0.15, 0.2) is 6.61 Å². The van der Waals surface area contributed by atoms with Crippen LogP contribution >= 0.6 is 24.0 Å². The molecule has 1 aliphatic rings. The van der Waals surface area contributed by atoms with Crippen LogP contribution in [-0.2, 0) is 4.79 Å². The Hall–Kier alpha value is -1.27. The van der Waals surface area contributed by atoms with Crippen molar-refractivity contribution in [2.75, 3.05) is 19.4 Å². The van der Waals surface area contributed by atoms with E-state index in [0.717, 1.165) is 12.1 Å². The maximum Gasteiger partial charge on any atom is 0.257 e. The van der Waals surface area contributed by atoms with Crippen LogP contribution < -0.4 is 15.8 Å². The van der Waals surface area contributed by atoms with Gasteiger partial charge in [-0.2, -0.15) is 11.8 Å². The highest BCUT2D eigenvalue weighted by atomic mass is 32.2. The molecule has 0 saturated heterocycles. The number of nitrogens with two attached hydrogens (primary N) is 1. The number of rotatable bonds is 7. The van der Waals surface area contributed by atoms with Gasteiger partial charge in [-0.25, -0.2) is 0 Å². The molecule has 4 nitrogen and oxygen atoms in total. The summed E-state index contributed by atoms with van der Waals surface area (Å²) in [6.07, 6.45) is 5.71. The first-order valence-electron chi connectivity index (χ1n) is 6.89. The zero-order valence-electron chi connectivity index (χ0n) is 12.1. The van der Waals surface area contributed by atoms with Crippen LogP contribution in [0.3, 0.4) is 0 Å². The average Bonchev–Trinajstić information content (AvgIpc) is 2.45. The van der Waals surface area contributed by atoms with Crippen LogP contribution in [0.5, 0.6) is 5.75 Å². The summed E-state index contributed by atoms with van der Waals surface area (Å²) in [7, 11) is 0. The van der Waals surface area contributed by atoms with Crippen molar-refractivity contribution in [3.8, 4) is 5.75 Å². The van der Waals surface area contributed by atoms with Crippen LogP contribution in [-0.4, -0.2) is 35.1 Å². The van der Waals surface area contributed by atoms with Crippen LogP contribution in [0.4, 0.5) is 0 Å². The smallest absolute Gasteiger partial charge is 0.257 e. The number of amides is 1. The molecule has 6 heteroatoms. The van der Waals surface area contributed by atoms with Crippen LogP contribution in [0.25, 0.3) is 0 Å². The quantitative estimate of drug-likeness (QED) is 0.752. The molecule has 3 N–H and O–H groups in total. The lowest BCUT2D eigenvalue weighted by Crippen LogP contribution is -2.46. The second kappa shape index (κ2) is 7.13. The number of ether oxygens (including phenoxy) is 1. The molecule has 1 aromatic rings. The van der Waals surface area contributed by atoms with E-state index in [4.69, 9.17) is 22.7 Å². The Bertz CT molecular complexity index is 507. The average molecular weight is 324 g/mol. The molecule has 114 valence electrons. The minimum atomic E-state index is -0.0891. The number of thioether (sulfide) groups is 1. The first-order valence-corrected chi connectivity index (χ1v) is 8.52. The first-order chi connectivity index (χ1) is 10.0. The van der Waals surface area contributed by atoms with Crippen molar-refractivity contribution in [1.29, 1.82) is 0 Å². The zero-order chi connectivity index (χ0) is 15.3. The van der Waals surface area contributed by atoms with Crippen molar-refractivity contribution in [3.63, 3.8) is 0 Å². The summed E-state index contributed by atoms with van der Waals surface area (Å²) in [6, 6.07) is 7.09. The number of hydrogen-bond donors (Lipinski definition) is 2. The molecule has 0 atom stereocenters. The lowest BCUT2D eigenvalue weighted by atomic mass is 9.84. The molecule has 1 fully saturated rings. The van der Waals surface area contributed by atoms with Crippen molar-refractivity contribution in [3.05, 3.63) is 29.8 Å². The van der Waals surface area contributed by atoms with Crippen molar-refractivity contribution in [2.24, 2.45) is 5.73 Å². The predicted molar refractivity (Wildman–Crippen MR) is 90.9 cm³/mol. The van der Waals surface area contributed by atoms with Crippen LogP contribution in [0.15, 0.2) is 24.3 Å². The summed E-state index contributed by atoms with van der Waals surface area (Å²) in [5, 5.41) is 2.95. The van der Waals surface area contributed by atoms with Crippen molar-refractivity contribution >= 4 is 34.9 Å². The Morgan fingerprint density at radius 1 is 1.43 bits per heavy atom. The number of thiocarbonyl (C=S) groups is 1. The van der Waals surface area contributed by atoms with Gasteiger partial charge in [0.1, 0.15) is 10.7 Å². The van der Waals surface area contributed by atoms with E-state index in [2.05, 4.69) is 11.6 Å². The molecule has 21 heavy (non-hydrogen) atoms. The maximum atomic E-state index is 11.8. The molecule has 0 aromatic heterocycles. The maximum absolute atomic E-state index is 11.8. The fourth-order valence-electron chi connectivity index (χ4n) is 2.20. The highest BCUT2D eigenvalue weighted by Gasteiger charge is 2.36. The lowest BCUT2D eigenvalue weighted by Gasteiger charge is -2.40. The molecule has 1 amide bonds. The van der Waals surface area contributed by atoms with E-state index in [1.54, 1.807) is 24.3 Å². The van der Waals surface area contributed by atoms with E-state index in [0.29, 0.717) is 10.7 Å². The lowest BCUT2D eigenvalue weighted by molar-refractivity contribution is -0.123. The van der Waals surface area contributed by atoms with Gasteiger partial charge in [-0.15, -0.1) is 0 Å². The van der Waals surface area contributed by atoms with Gasteiger partial charge in [0.25, 0.3) is 5.91 Å². The Balaban J connectivity index is 1.74. The summed E-state index contributed by atoms with van der Waals surface area (Å²) in [5.41, 5.74) is 6.31. The molecule has 2 rings (SSSR count).